The van der Waals surface area contributed by atoms with E-state index in [4.69, 9.17) is 16.3 Å². The Bertz CT molecular complexity index is 1260. The Morgan fingerprint density at radius 2 is 1.61 bits per heavy atom. The van der Waals surface area contributed by atoms with Crippen molar-refractivity contribution in [1.82, 2.24) is 0 Å². The van der Waals surface area contributed by atoms with Crippen molar-refractivity contribution in [2.24, 2.45) is 0 Å². The van der Waals surface area contributed by atoms with E-state index in [9.17, 15) is 13.2 Å². The molecule has 0 radical (unpaired) electrons. The molecular weight excluding hydrogens is 460 g/mol. The smallest absolute Gasteiger partial charge is 0.265 e. The van der Waals surface area contributed by atoms with Gasteiger partial charge < -0.3 is 10.1 Å². The maximum absolute atomic E-state index is 12.7. The first kappa shape index (κ1) is 24.6. The topological polar surface area (TPSA) is 84.5 Å². The third kappa shape index (κ3) is 6.27. The van der Waals surface area contributed by atoms with E-state index in [2.05, 4.69) is 10.0 Å². The van der Waals surface area contributed by atoms with Crippen molar-refractivity contribution in [3.8, 4) is 5.75 Å². The molecule has 0 fully saturated rings. The van der Waals surface area contributed by atoms with Crippen molar-refractivity contribution < 1.29 is 17.9 Å². The van der Waals surface area contributed by atoms with E-state index in [0.717, 1.165) is 16.7 Å². The molecule has 6 nitrogen and oxygen atoms in total. The fourth-order valence-electron chi connectivity index (χ4n) is 3.12. The molecular formula is C25H27ClN2O4S. The SMILES string of the molecule is CC[C@@H](Oc1ccc(C)c(C)c1)C(=O)Nc1ccc(S(=O)(=O)Nc2cc(Cl)ccc2C)cc1. The normalized spacial score (nSPS) is 12.2. The summed E-state index contributed by atoms with van der Waals surface area (Å²) in [5.74, 6) is 0.322. The van der Waals surface area contributed by atoms with E-state index in [1.807, 2.05) is 39.0 Å². The molecule has 0 bridgehead atoms. The van der Waals surface area contributed by atoms with E-state index in [-0.39, 0.29) is 10.8 Å². The number of hydrogen-bond acceptors (Lipinski definition) is 4. The van der Waals surface area contributed by atoms with Crippen molar-refractivity contribution >= 4 is 38.9 Å². The van der Waals surface area contributed by atoms with E-state index in [1.54, 1.807) is 37.3 Å². The van der Waals surface area contributed by atoms with Crippen LogP contribution in [-0.4, -0.2) is 20.4 Å². The Morgan fingerprint density at radius 3 is 2.24 bits per heavy atom. The molecule has 33 heavy (non-hydrogen) atoms. The summed E-state index contributed by atoms with van der Waals surface area (Å²) < 4.78 is 33.9. The fraction of sp³-hybridized carbons (Fsp3) is 0.240. The molecule has 8 heteroatoms. The van der Waals surface area contributed by atoms with E-state index in [1.165, 1.54) is 12.1 Å². The lowest BCUT2D eigenvalue weighted by molar-refractivity contribution is -0.122. The number of anilines is 2. The monoisotopic (exact) mass is 486 g/mol. The highest BCUT2D eigenvalue weighted by atomic mass is 35.5. The van der Waals surface area contributed by atoms with E-state index in [0.29, 0.717) is 28.6 Å². The minimum atomic E-state index is -3.81. The van der Waals surface area contributed by atoms with E-state index >= 15 is 0 Å². The summed E-state index contributed by atoms with van der Waals surface area (Å²) in [6.45, 7) is 7.65. The van der Waals surface area contributed by atoms with Gasteiger partial charge in [0.05, 0.1) is 10.6 Å². The van der Waals surface area contributed by atoms with Gasteiger partial charge in [-0.1, -0.05) is 30.7 Å². The highest BCUT2D eigenvalue weighted by Gasteiger charge is 2.20. The Labute approximate surface area is 200 Å². The largest absolute Gasteiger partial charge is 0.481 e. The predicted molar refractivity (Wildman–Crippen MR) is 133 cm³/mol. The minimum Gasteiger partial charge on any atom is -0.481 e. The lowest BCUT2D eigenvalue weighted by Gasteiger charge is -2.18. The molecule has 0 aliphatic rings. The molecule has 1 atom stereocenters. The fourth-order valence-corrected chi connectivity index (χ4v) is 4.42. The summed E-state index contributed by atoms with van der Waals surface area (Å²) >= 11 is 5.98. The minimum absolute atomic E-state index is 0.0679. The molecule has 0 unspecified atom stereocenters. The quantitative estimate of drug-likeness (QED) is 0.417. The van der Waals surface area contributed by atoms with Crippen LogP contribution in [0.25, 0.3) is 0 Å². The van der Waals surface area contributed by atoms with Gasteiger partial charge in [-0.25, -0.2) is 8.42 Å². The maximum Gasteiger partial charge on any atom is 0.265 e. The lowest BCUT2D eigenvalue weighted by atomic mass is 10.1. The first-order valence-electron chi connectivity index (χ1n) is 10.5. The Morgan fingerprint density at radius 1 is 0.939 bits per heavy atom. The highest BCUT2D eigenvalue weighted by Crippen LogP contribution is 2.24. The molecule has 2 N–H and O–H groups in total. The number of hydrogen-bond donors (Lipinski definition) is 2. The molecule has 3 aromatic rings. The zero-order chi connectivity index (χ0) is 24.2. The average Bonchev–Trinajstić information content (AvgIpc) is 2.77. The van der Waals surface area contributed by atoms with Gasteiger partial charge in [0, 0.05) is 10.7 Å². The second kappa shape index (κ2) is 10.3. The van der Waals surface area contributed by atoms with Crippen LogP contribution in [0.1, 0.15) is 30.0 Å². The van der Waals surface area contributed by atoms with Crippen molar-refractivity contribution in [3.05, 3.63) is 82.4 Å². The molecule has 0 aliphatic heterocycles. The number of aryl methyl sites for hydroxylation is 3. The predicted octanol–water partition coefficient (Wildman–Crippen LogP) is 5.86. The van der Waals surface area contributed by atoms with Gasteiger partial charge in [-0.05, 0) is 92.4 Å². The molecule has 0 heterocycles. The average molecular weight is 487 g/mol. The van der Waals surface area contributed by atoms with Crippen LogP contribution in [0.5, 0.6) is 5.75 Å². The van der Waals surface area contributed by atoms with Gasteiger partial charge in [-0.15, -0.1) is 0 Å². The van der Waals surface area contributed by atoms with Crippen molar-refractivity contribution in [2.45, 2.75) is 45.1 Å². The van der Waals surface area contributed by atoms with Crippen LogP contribution in [-0.2, 0) is 14.8 Å². The summed E-state index contributed by atoms with van der Waals surface area (Å²) in [6, 6.07) is 16.6. The molecule has 174 valence electrons. The summed E-state index contributed by atoms with van der Waals surface area (Å²) in [5.41, 5.74) is 3.87. The summed E-state index contributed by atoms with van der Waals surface area (Å²) in [7, 11) is -3.81. The summed E-state index contributed by atoms with van der Waals surface area (Å²) in [6.07, 6.45) is -0.198. The van der Waals surface area contributed by atoms with Crippen LogP contribution in [0.3, 0.4) is 0 Å². The van der Waals surface area contributed by atoms with Crippen LogP contribution >= 0.6 is 11.6 Å². The Hall–Kier alpha value is -3.03. The molecule has 0 saturated carbocycles. The van der Waals surface area contributed by atoms with Gasteiger partial charge >= 0.3 is 0 Å². The number of rotatable bonds is 8. The van der Waals surface area contributed by atoms with Crippen molar-refractivity contribution in [2.75, 3.05) is 10.0 Å². The molecule has 3 aromatic carbocycles. The molecule has 0 saturated heterocycles. The lowest BCUT2D eigenvalue weighted by Crippen LogP contribution is -2.32. The first-order valence-corrected chi connectivity index (χ1v) is 12.4. The number of carbonyl (C=O) groups excluding carboxylic acids is 1. The number of amides is 1. The maximum atomic E-state index is 12.7. The van der Waals surface area contributed by atoms with Crippen LogP contribution < -0.4 is 14.8 Å². The molecule has 0 spiro atoms. The molecule has 0 aromatic heterocycles. The number of sulfonamides is 1. The van der Waals surface area contributed by atoms with Crippen LogP contribution in [0.15, 0.2) is 65.6 Å². The summed E-state index contributed by atoms with van der Waals surface area (Å²) in [4.78, 5) is 12.8. The first-order chi connectivity index (χ1) is 15.6. The van der Waals surface area contributed by atoms with Gasteiger partial charge in [-0.2, -0.15) is 0 Å². The van der Waals surface area contributed by atoms with Crippen LogP contribution in [0.4, 0.5) is 11.4 Å². The number of benzene rings is 3. The molecule has 1 amide bonds. The van der Waals surface area contributed by atoms with Gasteiger partial charge in [0.15, 0.2) is 6.10 Å². The number of nitrogens with one attached hydrogen (secondary N) is 2. The van der Waals surface area contributed by atoms with Gasteiger partial charge in [0.2, 0.25) is 0 Å². The zero-order valence-electron chi connectivity index (χ0n) is 19.0. The van der Waals surface area contributed by atoms with Gasteiger partial charge in [0.1, 0.15) is 5.75 Å². The number of halogens is 1. The zero-order valence-corrected chi connectivity index (χ0v) is 20.5. The summed E-state index contributed by atoms with van der Waals surface area (Å²) in [5, 5.41) is 3.22. The number of ether oxygens (including phenoxy) is 1. The van der Waals surface area contributed by atoms with Crippen molar-refractivity contribution in [3.63, 3.8) is 0 Å². The van der Waals surface area contributed by atoms with Gasteiger partial charge in [0.25, 0.3) is 15.9 Å². The highest BCUT2D eigenvalue weighted by molar-refractivity contribution is 7.92. The third-order valence-corrected chi connectivity index (χ3v) is 6.91. The molecule has 3 rings (SSSR count). The van der Waals surface area contributed by atoms with E-state index < -0.39 is 16.1 Å². The third-order valence-electron chi connectivity index (χ3n) is 5.30. The molecule has 0 aliphatic carbocycles. The van der Waals surface area contributed by atoms with Crippen LogP contribution in [0, 0.1) is 20.8 Å². The van der Waals surface area contributed by atoms with Crippen LogP contribution in [0.2, 0.25) is 5.02 Å². The van der Waals surface area contributed by atoms with Gasteiger partial charge in [-0.3, -0.25) is 9.52 Å². The standard InChI is InChI=1S/C25H27ClN2O4S/c1-5-24(32-21-11-7-16(2)18(4)14-21)25(29)27-20-9-12-22(13-10-20)33(30,31)28-23-15-19(26)8-6-17(23)3/h6-15,24,28H,5H2,1-4H3,(H,27,29)/t24-/m1/s1. The second-order valence-electron chi connectivity index (χ2n) is 7.84. The number of carbonyl (C=O) groups is 1. The van der Waals surface area contributed by atoms with Crippen molar-refractivity contribution in [1.29, 1.82) is 0 Å². The second-order valence-corrected chi connectivity index (χ2v) is 9.96. The Balaban J connectivity index is 1.69. The Kier molecular flexibility index (Phi) is 7.66.